The smallest absolute Gasteiger partial charge is 0.213 e. The number of methoxy groups -OCH3 is 1. The summed E-state index contributed by atoms with van der Waals surface area (Å²) in [5.74, 6) is 0.781. The van der Waals surface area contributed by atoms with Gasteiger partial charge < -0.3 is 10.5 Å². The summed E-state index contributed by atoms with van der Waals surface area (Å²) in [7, 11) is 1.53. The van der Waals surface area contributed by atoms with Crippen LogP contribution in [-0.2, 0) is 6.54 Å². The van der Waals surface area contributed by atoms with Gasteiger partial charge >= 0.3 is 0 Å². The molecule has 1 aromatic carbocycles. The molecule has 0 bridgehead atoms. The average molecular weight is 427 g/mol. The number of H-pyrrole nitrogens is 1. The summed E-state index contributed by atoms with van der Waals surface area (Å²) in [5.41, 5.74) is 9.96. The van der Waals surface area contributed by atoms with E-state index in [1.165, 1.54) is 7.11 Å². The van der Waals surface area contributed by atoms with Gasteiger partial charge in [0.05, 0.1) is 18.3 Å². The number of carbonyl (C=O) groups excluding carboxylic acids is 1. The van der Waals surface area contributed by atoms with E-state index in [0.29, 0.717) is 42.3 Å². The van der Waals surface area contributed by atoms with Crippen LogP contribution < -0.4 is 10.5 Å². The first-order valence-electron chi connectivity index (χ1n) is 10.2. The Hall–Kier alpha value is -4.27. The summed E-state index contributed by atoms with van der Waals surface area (Å²) < 4.78 is 6.90. The van der Waals surface area contributed by atoms with Gasteiger partial charge in [-0.1, -0.05) is 18.2 Å². The first-order valence-corrected chi connectivity index (χ1v) is 10.2. The van der Waals surface area contributed by atoms with Crippen LogP contribution in [0.2, 0.25) is 0 Å². The van der Waals surface area contributed by atoms with E-state index in [2.05, 4.69) is 25.3 Å². The molecule has 0 radical (unpaired) electrons. The third-order valence-corrected chi connectivity index (χ3v) is 5.35. The Bertz CT molecular complexity index is 1420. The molecule has 0 saturated heterocycles. The number of benzene rings is 1. The largest absolute Gasteiger partial charge is 0.481 e. The number of nitrogens with zero attached hydrogens (tertiary/aromatic N) is 5. The third kappa shape index (κ3) is 3.64. The molecule has 32 heavy (non-hydrogen) atoms. The van der Waals surface area contributed by atoms with E-state index in [4.69, 9.17) is 10.5 Å². The molecule has 9 heteroatoms. The van der Waals surface area contributed by atoms with Crippen molar-refractivity contribution in [3.05, 3.63) is 60.6 Å². The lowest BCUT2D eigenvalue weighted by Crippen LogP contribution is -2.06. The molecule has 4 heterocycles. The van der Waals surface area contributed by atoms with Crippen LogP contribution in [0, 0.1) is 0 Å². The van der Waals surface area contributed by atoms with Crippen molar-refractivity contribution in [2.24, 2.45) is 0 Å². The topological polar surface area (TPSA) is 125 Å². The number of Topliss-reactive ketones (excluding diaryl/α,β-unsaturated/α-hetero) is 1. The number of fused-ring (bicyclic) bond motifs is 3. The number of nitrogen functional groups attached to an aromatic ring is 1. The van der Waals surface area contributed by atoms with Gasteiger partial charge in [-0.05, 0) is 24.6 Å². The molecule has 5 rings (SSSR count). The van der Waals surface area contributed by atoms with Gasteiger partial charge in [0.15, 0.2) is 11.6 Å². The van der Waals surface area contributed by atoms with Crippen LogP contribution in [-0.4, -0.2) is 42.8 Å². The van der Waals surface area contributed by atoms with Crippen molar-refractivity contribution in [2.45, 2.75) is 19.4 Å². The third-order valence-electron chi connectivity index (χ3n) is 5.35. The van der Waals surface area contributed by atoms with Crippen molar-refractivity contribution < 1.29 is 9.53 Å². The zero-order valence-electron chi connectivity index (χ0n) is 17.4. The Morgan fingerprint density at radius 1 is 1.16 bits per heavy atom. The zero-order valence-corrected chi connectivity index (χ0v) is 17.4. The number of rotatable bonds is 7. The second-order valence-electron chi connectivity index (χ2n) is 7.45. The molecule has 160 valence electrons. The van der Waals surface area contributed by atoms with Gasteiger partial charge in [-0.2, -0.15) is 10.2 Å². The van der Waals surface area contributed by atoms with Gasteiger partial charge in [0.25, 0.3) is 0 Å². The monoisotopic (exact) mass is 427 g/mol. The summed E-state index contributed by atoms with van der Waals surface area (Å²) in [5, 5.41) is 13.5. The summed E-state index contributed by atoms with van der Waals surface area (Å²) >= 11 is 0. The van der Waals surface area contributed by atoms with Gasteiger partial charge in [-0.15, -0.1) is 0 Å². The Kier molecular flexibility index (Phi) is 4.98. The summed E-state index contributed by atoms with van der Waals surface area (Å²) in [6.45, 7) is 0.581. The van der Waals surface area contributed by atoms with E-state index in [-0.39, 0.29) is 5.78 Å². The van der Waals surface area contributed by atoms with Gasteiger partial charge in [-0.3, -0.25) is 14.6 Å². The number of hydrogen-bond donors (Lipinski definition) is 2. The van der Waals surface area contributed by atoms with Gasteiger partial charge in [0.1, 0.15) is 11.2 Å². The first-order chi connectivity index (χ1) is 15.6. The number of pyridine rings is 2. The summed E-state index contributed by atoms with van der Waals surface area (Å²) in [4.78, 5) is 21.2. The lowest BCUT2D eigenvalue weighted by Gasteiger charge is -2.03. The van der Waals surface area contributed by atoms with Crippen molar-refractivity contribution >= 4 is 33.4 Å². The minimum atomic E-state index is -0.0291. The highest BCUT2D eigenvalue weighted by molar-refractivity contribution is 6.08. The number of hydrogen-bond acceptors (Lipinski definition) is 7. The van der Waals surface area contributed by atoms with E-state index in [0.717, 1.165) is 27.5 Å². The van der Waals surface area contributed by atoms with Crippen molar-refractivity contribution in [1.29, 1.82) is 0 Å². The molecule has 5 aromatic rings. The van der Waals surface area contributed by atoms with Crippen LogP contribution in [0.3, 0.4) is 0 Å². The predicted molar refractivity (Wildman–Crippen MR) is 121 cm³/mol. The fourth-order valence-electron chi connectivity index (χ4n) is 3.75. The zero-order chi connectivity index (χ0) is 22.1. The van der Waals surface area contributed by atoms with Gasteiger partial charge in [0.2, 0.25) is 5.88 Å². The lowest BCUT2D eigenvalue weighted by atomic mass is 10.1. The highest BCUT2D eigenvalue weighted by Crippen LogP contribution is 2.30. The van der Waals surface area contributed by atoms with Crippen LogP contribution in [0.1, 0.15) is 23.3 Å². The average Bonchev–Trinajstić information content (AvgIpc) is 3.49. The molecule has 4 aromatic heterocycles. The normalized spacial score (nSPS) is 11.3. The van der Waals surface area contributed by atoms with Crippen LogP contribution in [0.5, 0.6) is 5.88 Å². The number of carbonyl (C=O) groups is 1. The molecule has 0 fully saturated rings. The van der Waals surface area contributed by atoms with E-state index in [9.17, 15) is 4.79 Å². The first kappa shape index (κ1) is 19.7. The minimum absolute atomic E-state index is 0.0291. The van der Waals surface area contributed by atoms with Gasteiger partial charge in [0, 0.05) is 47.8 Å². The SMILES string of the molecule is COc1cccc(C(=O)CCCn2cc3c(n2)c(N)nc2cc(-c4ccn[nH]4)ccc23)n1. The van der Waals surface area contributed by atoms with Crippen LogP contribution in [0.4, 0.5) is 5.82 Å². The highest BCUT2D eigenvalue weighted by atomic mass is 16.5. The van der Waals surface area contributed by atoms with Gasteiger partial charge in [-0.25, -0.2) is 9.97 Å². The van der Waals surface area contributed by atoms with Crippen molar-refractivity contribution in [2.75, 3.05) is 12.8 Å². The lowest BCUT2D eigenvalue weighted by molar-refractivity contribution is 0.0972. The molecule has 0 aliphatic rings. The Morgan fingerprint density at radius 3 is 2.88 bits per heavy atom. The second-order valence-corrected chi connectivity index (χ2v) is 7.45. The standard InChI is InChI=1S/C23H21N7O2/c1-32-21-6-2-4-18(26-21)20(31)5-3-11-30-13-16-15-8-7-14(17-9-10-25-28-17)12-19(15)27-23(24)22(16)29-30/h2,4,6-10,12-13H,3,5,11H2,1H3,(H2,24,27)(H,25,28). The molecule has 0 amide bonds. The highest BCUT2D eigenvalue weighted by Gasteiger charge is 2.13. The van der Waals surface area contributed by atoms with E-state index >= 15 is 0 Å². The van der Waals surface area contributed by atoms with Crippen LogP contribution >= 0.6 is 0 Å². The summed E-state index contributed by atoms with van der Waals surface area (Å²) in [6, 6.07) is 13.1. The van der Waals surface area contributed by atoms with Crippen LogP contribution in [0.15, 0.2) is 54.9 Å². The van der Waals surface area contributed by atoms with Crippen molar-refractivity contribution in [1.82, 2.24) is 29.9 Å². The summed E-state index contributed by atoms with van der Waals surface area (Å²) in [6.07, 6.45) is 4.66. The van der Waals surface area contributed by atoms with Crippen molar-refractivity contribution in [3.63, 3.8) is 0 Å². The predicted octanol–water partition coefficient (Wildman–Crippen LogP) is 3.62. The Labute approximate surface area is 183 Å². The number of ether oxygens (including phenoxy) is 1. The maximum atomic E-state index is 12.4. The molecule has 9 nitrogen and oxygen atoms in total. The Morgan fingerprint density at radius 2 is 2.06 bits per heavy atom. The minimum Gasteiger partial charge on any atom is -0.481 e. The molecule has 0 atom stereocenters. The molecule has 0 saturated carbocycles. The number of nitrogens with two attached hydrogens (primary N) is 1. The molecule has 0 aliphatic carbocycles. The van der Waals surface area contributed by atoms with E-state index < -0.39 is 0 Å². The molecule has 3 N–H and O–H groups in total. The second kappa shape index (κ2) is 8.10. The number of nitrogens with one attached hydrogen (secondary N) is 1. The quantitative estimate of drug-likeness (QED) is 0.380. The molecular formula is C23H21N7O2. The molecule has 0 unspecified atom stereocenters. The number of aryl methyl sites for hydroxylation is 1. The number of anilines is 1. The fourth-order valence-corrected chi connectivity index (χ4v) is 3.75. The number of aromatic amines is 1. The van der Waals surface area contributed by atoms with Crippen molar-refractivity contribution in [3.8, 4) is 17.1 Å². The number of aromatic nitrogens is 6. The maximum Gasteiger partial charge on any atom is 0.213 e. The molecular weight excluding hydrogens is 406 g/mol. The van der Waals surface area contributed by atoms with E-state index in [1.807, 2.05) is 35.1 Å². The fraction of sp³-hybridized carbons (Fsp3) is 0.174. The maximum absolute atomic E-state index is 12.4. The van der Waals surface area contributed by atoms with Crippen LogP contribution in [0.25, 0.3) is 33.1 Å². The molecule has 0 spiro atoms. The molecule has 0 aliphatic heterocycles. The van der Waals surface area contributed by atoms with E-state index in [1.54, 1.807) is 24.4 Å². The Balaban J connectivity index is 1.36. The number of ketones is 1.